The lowest BCUT2D eigenvalue weighted by Crippen LogP contribution is -2.56. The first-order chi connectivity index (χ1) is 16.5. The molecule has 0 heterocycles. The van der Waals surface area contributed by atoms with Crippen LogP contribution >= 0.6 is 0 Å². The van der Waals surface area contributed by atoms with Crippen molar-refractivity contribution in [2.75, 3.05) is 7.05 Å². The van der Waals surface area contributed by atoms with E-state index in [2.05, 4.69) is 84.0 Å². The first-order valence-electron chi connectivity index (χ1n) is 11.6. The number of benzene rings is 4. The van der Waals surface area contributed by atoms with Crippen LogP contribution in [0.15, 0.2) is 83.9 Å². The molecule has 0 bridgehead atoms. The van der Waals surface area contributed by atoms with Crippen LogP contribution in [-0.4, -0.2) is 18.5 Å². The van der Waals surface area contributed by atoms with Crippen LogP contribution in [0.1, 0.15) is 27.8 Å². The topological polar surface area (TPSA) is 74.2 Å². The van der Waals surface area contributed by atoms with E-state index in [1.54, 1.807) is 7.05 Å². The largest absolute Gasteiger partial charge is 0.370 e. The Hall–Kier alpha value is -4.10. The van der Waals surface area contributed by atoms with Gasteiger partial charge in [0.2, 0.25) is 0 Å². The van der Waals surface area contributed by atoms with E-state index in [0.29, 0.717) is 11.5 Å². The highest BCUT2D eigenvalue weighted by Crippen LogP contribution is 2.37. The molecule has 34 heavy (non-hydrogen) atoms. The van der Waals surface area contributed by atoms with Gasteiger partial charge in [0, 0.05) is 7.05 Å². The second-order valence-corrected chi connectivity index (χ2v) is 9.31. The van der Waals surface area contributed by atoms with Crippen molar-refractivity contribution in [1.82, 2.24) is 5.32 Å². The van der Waals surface area contributed by atoms with Gasteiger partial charge in [-0.1, -0.05) is 66.7 Å². The average Bonchev–Trinajstić information content (AvgIpc) is 2.85. The van der Waals surface area contributed by atoms with Gasteiger partial charge in [-0.25, -0.2) is 0 Å². The first-order valence-corrected chi connectivity index (χ1v) is 11.6. The molecule has 0 spiro atoms. The third-order valence-electron chi connectivity index (χ3n) is 6.97. The molecule has 4 heteroatoms. The highest BCUT2D eigenvalue weighted by molar-refractivity contribution is 5.90. The molecule has 4 aromatic carbocycles. The van der Waals surface area contributed by atoms with Crippen LogP contribution in [0.25, 0.3) is 21.9 Å². The Balaban J connectivity index is 1.53. The van der Waals surface area contributed by atoms with Crippen molar-refractivity contribution in [1.29, 1.82) is 5.26 Å². The lowest BCUT2D eigenvalue weighted by molar-refractivity contribution is 0.362. The van der Waals surface area contributed by atoms with Gasteiger partial charge < -0.3 is 11.1 Å². The number of nitrogens with two attached hydrogens (primary N) is 1. The standard InChI is InChI=1S/C30H28N4/c1-20-14-24(23-9-3-6-21(15-23)19-31)12-13-25(20)16-30(34-29(32)33-2)17-26-10-4-7-22-8-5-11-27(18-30)28(22)26/h3-15H,16-18H2,1-2H3,(H3,32,33,34). The fourth-order valence-corrected chi connectivity index (χ4v) is 5.38. The number of nitrogens with one attached hydrogen (secondary N) is 1. The third-order valence-corrected chi connectivity index (χ3v) is 6.97. The summed E-state index contributed by atoms with van der Waals surface area (Å²) in [5.41, 5.74) is 14.0. The van der Waals surface area contributed by atoms with Gasteiger partial charge in [-0.2, -0.15) is 5.26 Å². The number of rotatable bonds is 4. The van der Waals surface area contributed by atoms with Gasteiger partial charge in [-0.3, -0.25) is 4.99 Å². The Morgan fingerprint density at radius 1 is 0.971 bits per heavy atom. The van der Waals surface area contributed by atoms with Crippen LogP contribution < -0.4 is 11.1 Å². The summed E-state index contributed by atoms with van der Waals surface area (Å²) in [6, 6.07) is 29.7. The van der Waals surface area contributed by atoms with Crippen LogP contribution in [0, 0.1) is 18.3 Å². The summed E-state index contributed by atoms with van der Waals surface area (Å²) in [7, 11) is 1.73. The molecule has 0 radical (unpaired) electrons. The molecule has 4 aromatic rings. The van der Waals surface area contributed by atoms with E-state index in [9.17, 15) is 5.26 Å². The summed E-state index contributed by atoms with van der Waals surface area (Å²) in [6.07, 6.45) is 2.59. The number of guanidine groups is 1. The van der Waals surface area contributed by atoms with Crippen LogP contribution in [0.5, 0.6) is 0 Å². The molecule has 0 unspecified atom stereocenters. The van der Waals surface area contributed by atoms with E-state index in [1.165, 1.54) is 33.0 Å². The number of aryl methyl sites for hydroxylation is 1. The molecule has 0 fully saturated rings. The van der Waals surface area contributed by atoms with Crippen LogP contribution in [-0.2, 0) is 19.3 Å². The summed E-state index contributed by atoms with van der Waals surface area (Å²) in [6.45, 7) is 2.16. The van der Waals surface area contributed by atoms with Gasteiger partial charge in [-0.05, 0) is 82.5 Å². The summed E-state index contributed by atoms with van der Waals surface area (Å²) in [5.74, 6) is 0.467. The minimum atomic E-state index is -0.265. The van der Waals surface area contributed by atoms with E-state index in [-0.39, 0.29) is 5.54 Å². The number of nitriles is 1. The Morgan fingerprint density at radius 3 is 2.29 bits per heavy atom. The van der Waals surface area contributed by atoms with Crippen molar-refractivity contribution in [3.05, 3.63) is 107 Å². The molecule has 0 amide bonds. The zero-order chi connectivity index (χ0) is 23.7. The van der Waals surface area contributed by atoms with Crippen LogP contribution in [0.4, 0.5) is 0 Å². The van der Waals surface area contributed by atoms with Gasteiger partial charge in [-0.15, -0.1) is 0 Å². The molecule has 0 saturated heterocycles. The lowest BCUT2D eigenvalue weighted by Gasteiger charge is -2.40. The van der Waals surface area contributed by atoms with Gasteiger partial charge in [0.15, 0.2) is 5.96 Å². The Kier molecular flexibility index (Phi) is 5.55. The van der Waals surface area contributed by atoms with E-state index < -0.39 is 0 Å². The predicted octanol–water partition coefficient (Wildman–Crippen LogP) is 5.30. The highest BCUT2D eigenvalue weighted by Gasteiger charge is 2.36. The third kappa shape index (κ3) is 4.02. The Labute approximate surface area is 200 Å². The molecule has 3 N–H and O–H groups in total. The molecule has 168 valence electrons. The van der Waals surface area contributed by atoms with E-state index in [1.807, 2.05) is 18.2 Å². The number of aliphatic imine (C=N–C) groups is 1. The maximum absolute atomic E-state index is 9.26. The second-order valence-electron chi connectivity index (χ2n) is 9.31. The number of hydrogen-bond acceptors (Lipinski definition) is 2. The fraction of sp³-hybridized carbons (Fsp3) is 0.200. The van der Waals surface area contributed by atoms with E-state index in [4.69, 9.17) is 5.73 Å². The van der Waals surface area contributed by atoms with Crippen LogP contribution in [0.2, 0.25) is 0 Å². The average molecular weight is 445 g/mol. The monoisotopic (exact) mass is 444 g/mol. The molecule has 5 rings (SSSR count). The lowest BCUT2D eigenvalue weighted by atomic mass is 9.73. The quantitative estimate of drug-likeness (QED) is 0.331. The predicted molar refractivity (Wildman–Crippen MR) is 140 cm³/mol. The molecule has 0 saturated carbocycles. The Bertz CT molecular complexity index is 1420. The molecular weight excluding hydrogens is 416 g/mol. The van der Waals surface area contributed by atoms with Crippen molar-refractivity contribution in [3.8, 4) is 17.2 Å². The summed E-state index contributed by atoms with van der Waals surface area (Å²) in [4.78, 5) is 4.22. The van der Waals surface area contributed by atoms with Crippen molar-refractivity contribution in [3.63, 3.8) is 0 Å². The normalized spacial score (nSPS) is 14.6. The smallest absolute Gasteiger partial charge is 0.188 e. The molecule has 0 aliphatic heterocycles. The molecule has 0 aromatic heterocycles. The van der Waals surface area contributed by atoms with Gasteiger partial charge in [0.1, 0.15) is 0 Å². The van der Waals surface area contributed by atoms with Crippen molar-refractivity contribution in [2.45, 2.75) is 31.7 Å². The minimum Gasteiger partial charge on any atom is -0.370 e. The minimum absolute atomic E-state index is 0.265. The second kappa shape index (κ2) is 8.68. The maximum Gasteiger partial charge on any atom is 0.188 e. The van der Waals surface area contributed by atoms with Crippen molar-refractivity contribution >= 4 is 16.7 Å². The molecule has 1 aliphatic rings. The van der Waals surface area contributed by atoms with Crippen LogP contribution in [0.3, 0.4) is 0 Å². The van der Waals surface area contributed by atoms with Crippen molar-refractivity contribution in [2.24, 2.45) is 10.7 Å². The number of nitrogens with zero attached hydrogens (tertiary/aromatic N) is 2. The van der Waals surface area contributed by atoms with E-state index in [0.717, 1.165) is 30.4 Å². The zero-order valence-corrected chi connectivity index (χ0v) is 19.6. The Morgan fingerprint density at radius 2 is 1.65 bits per heavy atom. The molecule has 1 aliphatic carbocycles. The SMILES string of the molecule is CN=C(N)NC1(Cc2ccc(-c3cccc(C#N)c3)cc2C)Cc2cccc3cccc(c23)C1. The summed E-state index contributed by atoms with van der Waals surface area (Å²) < 4.78 is 0. The van der Waals surface area contributed by atoms with Gasteiger partial charge in [0.25, 0.3) is 0 Å². The van der Waals surface area contributed by atoms with E-state index >= 15 is 0 Å². The fourth-order valence-electron chi connectivity index (χ4n) is 5.38. The molecule has 4 nitrogen and oxygen atoms in total. The maximum atomic E-state index is 9.26. The molecule has 0 atom stereocenters. The molecular formula is C30H28N4. The summed E-state index contributed by atoms with van der Waals surface area (Å²) in [5, 5.41) is 15.5. The highest BCUT2D eigenvalue weighted by atomic mass is 15.1. The first kappa shape index (κ1) is 21.7. The summed E-state index contributed by atoms with van der Waals surface area (Å²) >= 11 is 0. The van der Waals surface area contributed by atoms with Gasteiger partial charge >= 0.3 is 0 Å². The number of hydrogen-bond donors (Lipinski definition) is 2. The van der Waals surface area contributed by atoms with Gasteiger partial charge in [0.05, 0.1) is 17.2 Å². The van der Waals surface area contributed by atoms with Crippen molar-refractivity contribution < 1.29 is 0 Å². The zero-order valence-electron chi connectivity index (χ0n) is 19.6.